The SMILES string of the molecule is C#CCC(NC(=O)C1(N)CCCC(C)C1)C(=O)O. The Bertz CT molecular complexity index is 375. The van der Waals surface area contributed by atoms with Crippen LogP contribution in [0.1, 0.15) is 39.0 Å². The summed E-state index contributed by atoms with van der Waals surface area (Å²) in [6.07, 6.45) is 8.16. The summed E-state index contributed by atoms with van der Waals surface area (Å²) in [5.74, 6) is 1.09. The fraction of sp³-hybridized carbons (Fsp3) is 0.692. The Morgan fingerprint density at radius 2 is 2.33 bits per heavy atom. The van der Waals surface area contributed by atoms with Crippen molar-refractivity contribution in [2.24, 2.45) is 11.7 Å². The van der Waals surface area contributed by atoms with Crippen LogP contribution in [0.15, 0.2) is 0 Å². The molecule has 1 fully saturated rings. The molecule has 0 aromatic carbocycles. The van der Waals surface area contributed by atoms with Crippen molar-refractivity contribution in [3.63, 3.8) is 0 Å². The highest BCUT2D eigenvalue weighted by atomic mass is 16.4. The predicted molar refractivity (Wildman–Crippen MR) is 67.6 cm³/mol. The molecule has 0 aromatic rings. The maximum atomic E-state index is 12.1. The number of aliphatic carboxylic acids is 1. The first kappa shape index (κ1) is 14.5. The summed E-state index contributed by atoms with van der Waals surface area (Å²) in [5.41, 5.74) is 5.12. The van der Waals surface area contributed by atoms with E-state index in [-0.39, 0.29) is 6.42 Å². The molecule has 18 heavy (non-hydrogen) atoms. The smallest absolute Gasteiger partial charge is 0.327 e. The second-order valence-electron chi connectivity index (χ2n) is 5.13. The number of rotatable bonds is 4. The third-order valence-corrected chi connectivity index (χ3v) is 3.41. The Kier molecular flexibility index (Phi) is 4.74. The van der Waals surface area contributed by atoms with Gasteiger partial charge in [0.1, 0.15) is 6.04 Å². The van der Waals surface area contributed by atoms with Crippen LogP contribution in [0.25, 0.3) is 0 Å². The van der Waals surface area contributed by atoms with Gasteiger partial charge in [-0.2, -0.15) is 0 Å². The van der Waals surface area contributed by atoms with Crippen molar-refractivity contribution in [1.29, 1.82) is 0 Å². The van der Waals surface area contributed by atoms with E-state index in [4.69, 9.17) is 17.3 Å². The van der Waals surface area contributed by atoms with E-state index in [2.05, 4.69) is 11.2 Å². The molecule has 1 amide bonds. The molecule has 1 aliphatic carbocycles. The minimum Gasteiger partial charge on any atom is -0.480 e. The van der Waals surface area contributed by atoms with Crippen LogP contribution < -0.4 is 11.1 Å². The zero-order valence-electron chi connectivity index (χ0n) is 10.6. The Morgan fingerprint density at radius 1 is 1.67 bits per heavy atom. The van der Waals surface area contributed by atoms with Crippen LogP contribution in [-0.2, 0) is 9.59 Å². The third-order valence-electron chi connectivity index (χ3n) is 3.41. The van der Waals surface area contributed by atoms with Gasteiger partial charge < -0.3 is 16.2 Å². The Hall–Kier alpha value is -1.54. The van der Waals surface area contributed by atoms with E-state index in [9.17, 15) is 9.59 Å². The van der Waals surface area contributed by atoms with Crippen molar-refractivity contribution in [2.45, 2.75) is 50.6 Å². The number of nitrogens with two attached hydrogens (primary N) is 1. The number of carbonyl (C=O) groups excluding carboxylic acids is 1. The number of carboxylic acids is 1. The first-order valence-electron chi connectivity index (χ1n) is 6.15. The Labute approximate surface area is 107 Å². The van der Waals surface area contributed by atoms with Crippen molar-refractivity contribution < 1.29 is 14.7 Å². The fourth-order valence-corrected chi connectivity index (χ4v) is 2.42. The molecule has 5 nitrogen and oxygen atoms in total. The van der Waals surface area contributed by atoms with Crippen LogP contribution in [0.2, 0.25) is 0 Å². The number of hydrogen-bond donors (Lipinski definition) is 3. The summed E-state index contributed by atoms with van der Waals surface area (Å²) in [5, 5.41) is 11.4. The van der Waals surface area contributed by atoms with E-state index in [1.807, 2.05) is 6.92 Å². The first-order valence-corrected chi connectivity index (χ1v) is 6.15. The molecule has 0 aliphatic heterocycles. The number of carboxylic acid groups (broad SMARTS) is 1. The van der Waals surface area contributed by atoms with Gasteiger partial charge in [-0.25, -0.2) is 4.79 Å². The van der Waals surface area contributed by atoms with Crippen molar-refractivity contribution in [3.05, 3.63) is 0 Å². The summed E-state index contributed by atoms with van der Waals surface area (Å²) in [7, 11) is 0. The zero-order chi connectivity index (χ0) is 13.8. The number of hydrogen-bond acceptors (Lipinski definition) is 3. The maximum Gasteiger partial charge on any atom is 0.327 e. The summed E-state index contributed by atoms with van der Waals surface area (Å²) >= 11 is 0. The van der Waals surface area contributed by atoms with Gasteiger partial charge in [0.25, 0.3) is 0 Å². The molecule has 3 unspecified atom stereocenters. The average molecular weight is 252 g/mol. The zero-order valence-corrected chi connectivity index (χ0v) is 10.6. The predicted octanol–water partition coefficient (Wildman–Crippen LogP) is 0.487. The minimum absolute atomic E-state index is 0.0350. The largest absolute Gasteiger partial charge is 0.480 e. The summed E-state index contributed by atoms with van der Waals surface area (Å²) in [4.78, 5) is 23.0. The fourth-order valence-electron chi connectivity index (χ4n) is 2.42. The molecule has 0 saturated heterocycles. The molecule has 5 heteroatoms. The molecule has 4 N–H and O–H groups in total. The molecule has 0 radical (unpaired) electrons. The topological polar surface area (TPSA) is 92.4 Å². The lowest BCUT2D eigenvalue weighted by Gasteiger charge is -2.35. The average Bonchev–Trinajstić information content (AvgIpc) is 2.27. The van der Waals surface area contributed by atoms with Crippen molar-refractivity contribution >= 4 is 11.9 Å². The number of carbonyl (C=O) groups is 2. The lowest BCUT2D eigenvalue weighted by atomic mass is 9.76. The highest BCUT2D eigenvalue weighted by molar-refractivity contribution is 5.90. The van der Waals surface area contributed by atoms with E-state index in [0.717, 1.165) is 12.8 Å². The summed E-state index contributed by atoms with van der Waals surface area (Å²) < 4.78 is 0. The Balaban J connectivity index is 2.68. The summed E-state index contributed by atoms with van der Waals surface area (Å²) in [6.45, 7) is 2.05. The van der Waals surface area contributed by atoms with E-state index in [0.29, 0.717) is 18.8 Å². The van der Waals surface area contributed by atoms with Gasteiger partial charge in [0.15, 0.2) is 0 Å². The van der Waals surface area contributed by atoms with Crippen LogP contribution in [0, 0.1) is 18.3 Å². The quantitative estimate of drug-likeness (QED) is 0.635. The second kappa shape index (κ2) is 5.87. The number of terminal acetylenes is 1. The molecule has 0 aromatic heterocycles. The van der Waals surface area contributed by atoms with Crippen LogP contribution in [-0.4, -0.2) is 28.6 Å². The van der Waals surface area contributed by atoms with Gasteiger partial charge in [-0.3, -0.25) is 4.79 Å². The van der Waals surface area contributed by atoms with Crippen LogP contribution in [0.3, 0.4) is 0 Å². The number of nitrogens with one attached hydrogen (secondary N) is 1. The molecule has 1 rings (SSSR count). The molecule has 3 atom stereocenters. The van der Waals surface area contributed by atoms with Crippen LogP contribution in [0.4, 0.5) is 0 Å². The van der Waals surface area contributed by atoms with Crippen molar-refractivity contribution in [3.8, 4) is 12.3 Å². The standard InChI is InChI=1S/C13H20N2O3/c1-3-5-10(11(16)17)15-12(18)13(14)7-4-6-9(2)8-13/h1,9-10H,4-8,14H2,2H3,(H,15,18)(H,16,17). The van der Waals surface area contributed by atoms with Crippen molar-refractivity contribution in [1.82, 2.24) is 5.32 Å². The molecule has 1 saturated carbocycles. The lowest BCUT2D eigenvalue weighted by Crippen LogP contribution is -2.59. The molecular weight excluding hydrogens is 232 g/mol. The van der Waals surface area contributed by atoms with Gasteiger partial charge in [-0.05, 0) is 18.8 Å². The molecule has 0 bridgehead atoms. The molecule has 0 spiro atoms. The molecule has 100 valence electrons. The monoisotopic (exact) mass is 252 g/mol. The molecular formula is C13H20N2O3. The summed E-state index contributed by atoms with van der Waals surface area (Å²) in [6, 6.07) is -1.06. The van der Waals surface area contributed by atoms with E-state index in [1.54, 1.807) is 0 Å². The van der Waals surface area contributed by atoms with E-state index < -0.39 is 23.5 Å². The van der Waals surface area contributed by atoms with E-state index >= 15 is 0 Å². The molecule has 1 aliphatic rings. The second-order valence-corrected chi connectivity index (χ2v) is 5.13. The van der Waals surface area contributed by atoms with Crippen molar-refractivity contribution in [2.75, 3.05) is 0 Å². The van der Waals surface area contributed by atoms with E-state index in [1.165, 1.54) is 0 Å². The first-order chi connectivity index (χ1) is 8.39. The molecule has 0 heterocycles. The highest BCUT2D eigenvalue weighted by Crippen LogP contribution is 2.30. The Morgan fingerprint density at radius 3 is 2.83 bits per heavy atom. The lowest BCUT2D eigenvalue weighted by molar-refractivity contribution is -0.142. The normalized spacial score (nSPS) is 29.1. The van der Waals surface area contributed by atoms with Crippen LogP contribution in [0.5, 0.6) is 0 Å². The van der Waals surface area contributed by atoms with Gasteiger partial charge in [-0.1, -0.05) is 19.8 Å². The number of amides is 1. The van der Waals surface area contributed by atoms with Crippen LogP contribution >= 0.6 is 0 Å². The maximum absolute atomic E-state index is 12.1. The minimum atomic E-state index is -1.13. The van der Waals surface area contributed by atoms with Gasteiger partial charge in [0.2, 0.25) is 5.91 Å². The van der Waals surface area contributed by atoms with Gasteiger partial charge in [-0.15, -0.1) is 12.3 Å². The van der Waals surface area contributed by atoms with Gasteiger partial charge in [0.05, 0.1) is 5.54 Å². The third kappa shape index (κ3) is 3.47. The van der Waals surface area contributed by atoms with Gasteiger partial charge in [0, 0.05) is 6.42 Å². The highest BCUT2D eigenvalue weighted by Gasteiger charge is 2.39. The van der Waals surface area contributed by atoms with Gasteiger partial charge >= 0.3 is 5.97 Å².